The number of rotatable bonds is 5. The molecule has 15 heavy (non-hydrogen) atoms. The van der Waals surface area contributed by atoms with Gasteiger partial charge in [-0.3, -0.25) is 0 Å². The molecule has 1 unspecified atom stereocenters. The highest BCUT2D eigenvalue weighted by atomic mass is 32.1. The van der Waals surface area contributed by atoms with Gasteiger partial charge in [-0.05, 0) is 25.3 Å². The molecule has 1 heteroatoms. The summed E-state index contributed by atoms with van der Waals surface area (Å²) in [7, 11) is 0. The first kappa shape index (κ1) is 14.4. The maximum Gasteiger partial charge on any atom is 0.0599 e. The number of hydrogen-bond donors (Lipinski definition) is 1. The highest BCUT2D eigenvalue weighted by molar-refractivity contribution is 7.81. The first-order valence-electron chi connectivity index (χ1n) is 5.72. The fraction of sp³-hybridized carbons (Fsp3) is 0.571. The molecule has 0 rings (SSSR count). The lowest BCUT2D eigenvalue weighted by Gasteiger charge is -1.96. The van der Waals surface area contributed by atoms with Gasteiger partial charge in [0.15, 0.2) is 0 Å². The zero-order chi connectivity index (χ0) is 11.5. The first-order chi connectivity index (χ1) is 7.20. The molecule has 0 aromatic carbocycles. The van der Waals surface area contributed by atoms with E-state index in [-0.39, 0.29) is 5.25 Å². The molecule has 84 valence electrons. The largest absolute Gasteiger partial charge is 0.163 e. The molecule has 0 aliphatic carbocycles. The van der Waals surface area contributed by atoms with E-state index in [9.17, 15) is 0 Å². The smallest absolute Gasteiger partial charge is 0.0599 e. The molecule has 0 nitrogen and oxygen atoms in total. The Morgan fingerprint density at radius 2 is 2.13 bits per heavy atom. The van der Waals surface area contributed by atoms with Crippen molar-refractivity contribution in [3.63, 3.8) is 0 Å². The number of allylic oxidation sites excluding steroid dienone is 4. The Bertz CT molecular complexity index is 261. The van der Waals surface area contributed by atoms with Gasteiger partial charge in [-0.25, -0.2) is 0 Å². The summed E-state index contributed by atoms with van der Waals surface area (Å²) in [6.45, 7) is 6.34. The van der Waals surface area contributed by atoms with Crippen LogP contribution in [-0.4, -0.2) is 5.25 Å². The Labute approximate surface area is 100 Å². The van der Waals surface area contributed by atoms with Crippen LogP contribution in [0.5, 0.6) is 0 Å². The predicted molar refractivity (Wildman–Crippen MR) is 73.3 cm³/mol. The third kappa shape index (κ3) is 9.69. The molecule has 0 aliphatic rings. The summed E-state index contributed by atoms with van der Waals surface area (Å²) in [6, 6.07) is 0. The number of unbranched alkanes of at least 4 members (excludes halogenated alkanes) is 1. The van der Waals surface area contributed by atoms with Crippen molar-refractivity contribution < 1.29 is 0 Å². The van der Waals surface area contributed by atoms with Gasteiger partial charge in [0.2, 0.25) is 0 Å². The van der Waals surface area contributed by atoms with E-state index >= 15 is 0 Å². The average molecular weight is 222 g/mol. The fourth-order valence-corrected chi connectivity index (χ4v) is 1.19. The normalized spacial score (nSPS) is 13.7. The van der Waals surface area contributed by atoms with Crippen LogP contribution in [0.3, 0.4) is 0 Å². The second-order valence-corrected chi connectivity index (χ2v) is 4.33. The van der Waals surface area contributed by atoms with E-state index in [0.717, 1.165) is 19.3 Å². The van der Waals surface area contributed by atoms with E-state index in [0.29, 0.717) is 0 Å². The van der Waals surface area contributed by atoms with Crippen molar-refractivity contribution in [3.05, 3.63) is 23.8 Å². The van der Waals surface area contributed by atoms with Crippen LogP contribution in [0.4, 0.5) is 0 Å². The SMILES string of the molecule is CC/C=C\C(=C\CCC)CC#CC(C)S. The molecule has 0 saturated carbocycles. The topological polar surface area (TPSA) is 0 Å². The zero-order valence-corrected chi connectivity index (χ0v) is 11.0. The van der Waals surface area contributed by atoms with Gasteiger partial charge in [0.05, 0.1) is 5.25 Å². The van der Waals surface area contributed by atoms with Gasteiger partial charge < -0.3 is 0 Å². The van der Waals surface area contributed by atoms with Crippen molar-refractivity contribution in [1.29, 1.82) is 0 Å². The lowest BCUT2D eigenvalue weighted by molar-refractivity contribution is 0.948. The summed E-state index contributed by atoms with van der Waals surface area (Å²) in [5.74, 6) is 6.23. The summed E-state index contributed by atoms with van der Waals surface area (Å²) in [5, 5.41) is 0.174. The predicted octanol–water partition coefficient (Wildman–Crippen LogP) is 4.39. The Balaban J connectivity index is 4.27. The van der Waals surface area contributed by atoms with Gasteiger partial charge in [-0.15, -0.1) is 0 Å². The maximum atomic E-state index is 4.23. The third-order valence-electron chi connectivity index (χ3n) is 1.87. The molecule has 0 saturated heterocycles. The van der Waals surface area contributed by atoms with Gasteiger partial charge in [0.25, 0.3) is 0 Å². The molecule has 0 spiro atoms. The van der Waals surface area contributed by atoms with Crippen LogP contribution in [0.15, 0.2) is 23.8 Å². The Morgan fingerprint density at radius 3 is 2.67 bits per heavy atom. The standard InChI is InChI=1S/C14H22S/c1-4-6-10-14(11-7-5-2)12-8-9-13(3)15/h6,10-11,13,15H,4-5,7,12H2,1-3H3/b10-6-,14-11-. The Hall–Kier alpha value is -0.610. The van der Waals surface area contributed by atoms with Crippen LogP contribution in [-0.2, 0) is 0 Å². The fourth-order valence-electron chi connectivity index (χ4n) is 1.10. The van der Waals surface area contributed by atoms with Crippen molar-refractivity contribution in [3.8, 4) is 11.8 Å². The van der Waals surface area contributed by atoms with E-state index in [1.165, 1.54) is 12.0 Å². The summed E-state index contributed by atoms with van der Waals surface area (Å²) < 4.78 is 0. The van der Waals surface area contributed by atoms with Crippen LogP contribution in [0.1, 0.15) is 46.5 Å². The van der Waals surface area contributed by atoms with Crippen molar-refractivity contribution in [1.82, 2.24) is 0 Å². The van der Waals surface area contributed by atoms with Crippen molar-refractivity contribution >= 4 is 12.6 Å². The quantitative estimate of drug-likeness (QED) is 0.398. The monoisotopic (exact) mass is 222 g/mol. The van der Waals surface area contributed by atoms with Gasteiger partial charge >= 0.3 is 0 Å². The Kier molecular flexibility index (Phi) is 9.52. The highest BCUT2D eigenvalue weighted by Crippen LogP contribution is 2.06. The van der Waals surface area contributed by atoms with Gasteiger partial charge in [0, 0.05) is 6.42 Å². The van der Waals surface area contributed by atoms with Crippen LogP contribution in [0, 0.1) is 11.8 Å². The lowest BCUT2D eigenvalue weighted by Crippen LogP contribution is -1.83. The van der Waals surface area contributed by atoms with Crippen molar-refractivity contribution in [2.75, 3.05) is 0 Å². The maximum absolute atomic E-state index is 4.23. The van der Waals surface area contributed by atoms with Crippen LogP contribution in [0.2, 0.25) is 0 Å². The number of thiol groups is 1. The molecule has 0 aliphatic heterocycles. The van der Waals surface area contributed by atoms with E-state index < -0.39 is 0 Å². The van der Waals surface area contributed by atoms with Crippen molar-refractivity contribution in [2.45, 2.75) is 51.7 Å². The van der Waals surface area contributed by atoms with Crippen LogP contribution in [0.25, 0.3) is 0 Å². The second-order valence-electron chi connectivity index (χ2n) is 3.55. The van der Waals surface area contributed by atoms with Crippen LogP contribution >= 0.6 is 12.6 Å². The van der Waals surface area contributed by atoms with E-state index in [4.69, 9.17) is 0 Å². The molecule has 0 aromatic rings. The molecular formula is C14H22S. The molecule has 0 amide bonds. The van der Waals surface area contributed by atoms with E-state index in [2.05, 4.69) is 56.5 Å². The summed E-state index contributed by atoms with van der Waals surface area (Å²) >= 11 is 4.23. The van der Waals surface area contributed by atoms with E-state index in [1.54, 1.807) is 0 Å². The molecular weight excluding hydrogens is 200 g/mol. The third-order valence-corrected chi connectivity index (χ3v) is 2.00. The number of hydrogen-bond acceptors (Lipinski definition) is 1. The average Bonchev–Trinajstić information content (AvgIpc) is 2.20. The Morgan fingerprint density at radius 1 is 1.40 bits per heavy atom. The minimum atomic E-state index is 0.174. The van der Waals surface area contributed by atoms with Gasteiger partial charge in [0.1, 0.15) is 0 Å². The molecule has 0 aromatic heterocycles. The molecule has 0 bridgehead atoms. The molecule has 0 heterocycles. The molecule has 1 atom stereocenters. The molecule has 0 radical (unpaired) electrons. The lowest BCUT2D eigenvalue weighted by atomic mass is 10.1. The minimum absolute atomic E-state index is 0.174. The molecule has 0 N–H and O–H groups in total. The summed E-state index contributed by atoms with van der Waals surface area (Å²) in [4.78, 5) is 0. The summed E-state index contributed by atoms with van der Waals surface area (Å²) in [6.07, 6.45) is 10.9. The minimum Gasteiger partial charge on any atom is -0.163 e. The molecule has 0 fully saturated rings. The second kappa shape index (κ2) is 9.93. The summed E-state index contributed by atoms with van der Waals surface area (Å²) in [5.41, 5.74) is 1.33. The van der Waals surface area contributed by atoms with Crippen molar-refractivity contribution in [2.24, 2.45) is 0 Å². The zero-order valence-electron chi connectivity index (χ0n) is 10.1. The highest BCUT2D eigenvalue weighted by Gasteiger charge is 1.89. The first-order valence-corrected chi connectivity index (χ1v) is 6.24. The van der Waals surface area contributed by atoms with Gasteiger partial charge in [-0.1, -0.05) is 50.3 Å². The van der Waals surface area contributed by atoms with E-state index in [1.807, 2.05) is 6.92 Å². The van der Waals surface area contributed by atoms with Gasteiger partial charge in [-0.2, -0.15) is 12.6 Å². The van der Waals surface area contributed by atoms with Crippen LogP contribution < -0.4 is 0 Å².